The molecule has 88 valence electrons. The second-order valence-electron chi connectivity index (χ2n) is 2.52. The first kappa shape index (κ1) is 13.3. The van der Waals surface area contributed by atoms with Gasteiger partial charge in [0.15, 0.2) is 32.9 Å². The van der Waals surface area contributed by atoms with Crippen LogP contribution in [-0.4, -0.2) is 0 Å². The van der Waals surface area contributed by atoms with E-state index in [1.54, 1.807) is 0 Å². The topological polar surface area (TPSA) is 0 Å². The molecule has 1 aromatic carbocycles. The molecule has 0 aliphatic heterocycles. The summed E-state index contributed by atoms with van der Waals surface area (Å²) < 4.78 is 86.7. The highest BCUT2D eigenvalue weighted by Gasteiger charge is 2.29. The number of hydrogen-bond donors (Lipinski definition) is 0. The summed E-state index contributed by atoms with van der Waals surface area (Å²) in [6, 6.07) is 0. The molecule has 0 aromatic heterocycles. The smallest absolute Gasteiger partial charge is 0.200 e. The summed E-state index contributed by atoms with van der Waals surface area (Å²) in [4.78, 5) is 0. The van der Waals surface area contributed by atoms with Gasteiger partial charge in [0.2, 0.25) is 5.82 Å². The monoisotopic (exact) mass is 356 g/mol. The molecule has 0 aliphatic rings. The minimum absolute atomic E-state index is 0.703. The zero-order valence-electron chi connectivity index (χ0n) is 7.02. The van der Waals surface area contributed by atoms with Crippen molar-refractivity contribution in [2.24, 2.45) is 0 Å². The SMILES string of the molecule is F/C(I)=C(/F)c1c(F)c(F)c(F)c(F)c1F. The van der Waals surface area contributed by atoms with Crippen LogP contribution in [0.4, 0.5) is 30.7 Å². The van der Waals surface area contributed by atoms with Gasteiger partial charge >= 0.3 is 0 Å². The van der Waals surface area contributed by atoms with Crippen molar-refractivity contribution in [1.82, 2.24) is 0 Å². The van der Waals surface area contributed by atoms with Crippen molar-refractivity contribution in [2.75, 3.05) is 0 Å². The quantitative estimate of drug-likeness (QED) is 0.303. The number of halogens is 8. The molecule has 0 heterocycles. The van der Waals surface area contributed by atoms with Gasteiger partial charge in [0.1, 0.15) is 0 Å². The van der Waals surface area contributed by atoms with Crippen molar-refractivity contribution in [1.29, 1.82) is 0 Å². The Morgan fingerprint density at radius 1 is 0.688 bits per heavy atom. The van der Waals surface area contributed by atoms with E-state index in [0.717, 1.165) is 0 Å². The molecule has 0 radical (unpaired) electrons. The molecule has 0 saturated carbocycles. The first-order valence-electron chi connectivity index (χ1n) is 3.51. The minimum Gasteiger partial charge on any atom is -0.203 e. The second kappa shape index (κ2) is 4.60. The van der Waals surface area contributed by atoms with E-state index >= 15 is 0 Å². The van der Waals surface area contributed by atoms with Crippen LogP contribution in [0.25, 0.3) is 5.83 Å². The molecule has 16 heavy (non-hydrogen) atoms. The first-order valence-corrected chi connectivity index (χ1v) is 4.59. The van der Waals surface area contributed by atoms with E-state index in [1.807, 2.05) is 0 Å². The molecular formula is C8F7I. The highest BCUT2D eigenvalue weighted by atomic mass is 127. The summed E-state index contributed by atoms with van der Waals surface area (Å²) in [6.07, 6.45) is 0. The average Bonchev–Trinajstić information content (AvgIpc) is 2.23. The molecule has 0 amide bonds. The third kappa shape index (κ3) is 2.02. The van der Waals surface area contributed by atoms with Gasteiger partial charge < -0.3 is 0 Å². The lowest BCUT2D eigenvalue weighted by molar-refractivity contribution is 0.374. The summed E-state index contributed by atoms with van der Waals surface area (Å²) >= 11 is 0.703. The Balaban J connectivity index is 3.72. The summed E-state index contributed by atoms with van der Waals surface area (Å²) in [7, 11) is 0. The van der Waals surface area contributed by atoms with Crippen molar-refractivity contribution >= 4 is 28.4 Å². The Bertz CT molecular complexity index is 447. The zero-order chi connectivity index (χ0) is 12.6. The molecule has 0 saturated heterocycles. The maximum absolute atomic E-state index is 12.8. The van der Waals surface area contributed by atoms with Crippen LogP contribution in [0.3, 0.4) is 0 Å². The van der Waals surface area contributed by atoms with Crippen LogP contribution in [0, 0.1) is 29.1 Å². The average molecular weight is 356 g/mol. The van der Waals surface area contributed by atoms with Crippen molar-refractivity contribution in [3.8, 4) is 0 Å². The van der Waals surface area contributed by atoms with Crippen LogP contribution in [-0.2, 0) is 0 Å². The highest BCUT2D eigenvalue weighted by molar-refractivity contribution is 14.1. The third-order valence-corrected chi connectivity index (χ3v) is 2.07. The van der Waals surface area contributed by atoms with Crippen LogP contribution >= 0.6 is 22.6 Å². The number of benzene rings is 1. The van der Waals surface area contributed by atoms with Crippen LogP contribution in [0.15, 0.2) is 3.83 Å². The predicted octanol–water partition coefficient (Wildman–Crippen LogP) is 4.38. The molecule has 0 fully saturated rings. The van der Waals surface area contributed by atoms with Crippen molar-refractivity contribution in [3.05, 3.63) is 38.5 Å². The van der Waals surface area contributed by atoms with E-state index in [9.17, 15) is 30.7 Å². The molecule has 1 aromatic rings. The van der Waals surface area contributed by atoms with Crippen molar-refractivity contribution < 1.29 is 30.7 Å². The molecule has 0 bridgehead atoms. The summed E-state index contributed by atoms with van der Waals surface area (Å²) in [5.41, 5.74) is -1.91. The lowest BCUT2D eigenvalue weighted by Crippen LogP contribution is -2.05. The largest absolute Gasteiger partial charge is 0.203 e. The Morgan fingerprint density at radius 2 is 1.00 bits per heavy atom. The van der Waals surface area contributed by atoms with Gasteiger partial charge in [-0.1, -0.05) is 0 Å². The maximum Gasteiger partial charge on any atom is 0.200 e. The maximum atomic E-state index is 12.8. The van der Waals surface area contributed by atoms with Gasteiger partial charge in [0.25, 0.3) is 0 Å². The molecule has 8 heteroatoms. The molecule has 0 aliphatic carbocycles. The third-order valence-electron chi connectivity index (χ3n) is 1.60. The van der Waals surface area contributed by atoms with Crippen LogP contribution < -0.4 is 0 Å². The normalized spacial score (nSPS) is 12.8. The van der Waals surface area contributed by atoms with Crippen LogP contribution in [0.1, 0.15) is 5.56 Å². The standard InChI is InChI=1S/C8F7I/c9-2-1(4(11)8(15)16)3(10)6(13)7(14)5(2)12/b8-4-. The van der Waals surface area contributed by atoms with Gasteiger partial charge in [0.05, 0.1) is 5.56 Å². The van der Waals surface area contributed by atoms with Crippen LogP contribution in [0.2, 0.25) is 0 Å². The van der Waals surface area contributed by atoms with E-state index in [1.165, 1.54) is 0 Å². The Kier molecular flexibility index (Phi) is 3.81. The van der Waals surface area contributed by atoms with Gasteiger partial charge in [0, 0.05) is 0 Å². The van der Waals surface area contributed by atoms with E-state index < -0.39 is 44.3 Å². The van der Waals surface area contributed by atoms with Gasteiger partial charge in [-0.15, -0.1) is 0 Å². The first-order chi connectivity index (χ1) is 7.29. The molecule has 0 nitrogen and oxygen atoms in total. The van der Waals surface area contributed by atoms with Gasteiger partial charge in [-0.25, -0.2) is 26.3 Å². The molecule has 0 atom stereocenters. The summed E-state index contributed by atoms with van der Waals surface area (Å²) in [5.74, 6) is -14.1. The van der Waals surface area contributed by atoms with E-state index in [0.29, 0.717) is 22.6 Å². The molecule has 1 rings (SSSR count). The molecular weight excluding hydrogens is 356 g/mol. The van der Waals surface area contributed by atoms with E-state index in [4.69, 9.17) is 0 Å². The van der Waals surface area contributed by atoms with Crippen LogP contribution in [0.5, 0.6) is 0 Å². The Labute approximate surface area is 97.9 Å². The molecule has 0 spiro atoms. The van der Waals surface area contributed by atoms with E-state index in [2.05, 4.69) is 0 Å². The second-order valence-corrected chi connectivity index (χ2v) is 3.47. The predicted molar refractivity (Wildman–Crippen MR) is 49.4 cm³/mol. The van der Waals surface area contributed by atoms with Crippen molar-refractivity contribution in [3.63, 3.8) is 0 Å². The highest BCUT2D eigenvalue weighted by Crippen LogP contribution is 2.32. The lowest BCUT2D eigenvalue weighted by atomic mass is 10.1. The van der Waals surface area contributed by atoms with Gasteiger partial charge in [-0.05, 0) is 22.6 Å². The van der Waals surface area contributed by atoms with Crippen molar-refractivity contribution in [2.45, 2.75) is 0 Å². The Morgan fingerprint density at radius 3 is 1.31 bits per heavy atom. The van der Waals surface area contributed by atoms with Gasteiger partial charge in [-0.3, -0.25) is 0 Å². The van der Waals surface area contributed by atoms with Gasteiger partial charge in [-0.2, -0.15) is 4.39 Å². The number of rotatable bonds is 1. The summed E-state index contributed by atoms with van der Waals surface area (Å²) in [5, 5.41) is 0. The molecule has 0 unspecified atom stereocenters. The fourth-order valence-corrected chi connectivity index (χ4v) is 1.16. The minimum atomic E-state index is -2.43. The summed E-state index contributed by atoms with van der Waals surface area (Å²) in [6.45, 7) is 0. The lowest BCUT2D eigenvalue weighted by Gasteiger charge is -2.05. The van der Waals surface area contributed by atoms with E-state index in [-0.39, 0.29) is 0 Å². The number of hydrogen-bond acceptors (Lipinski definition) is 0. The fourth-order valence-electron chi connectivity index (χ4n) is 0.892. The molecule has 0 N–H and O–H groups in total. The fraction of sp³-hybridized carbons (Fsp3) is 0. The zero-order valence-corrected chi connectivity index (χ0v) is 9.18. The Hall–Kier alpha value is -0.800.